The van der Waals surface area contributed by atoms with Gasteiger partial charge in [-0.15, -0.1) is 0 Å². The van der Waals surface area contributed by atoms with E-state index in [-0.39, 0.29) is 11.7 Å². The lowest BCUT2D eigenvalue weighted by molar-refractivity contribution is 0.102. The van der Waals surface area contributed by atoms with Gasteiger partial charge in [0.2, 0.25) is 0 Å². The van der Waals surface area contributed by atoms with Gasteiger partial charge in [-0.05, 0) is 49.7 Å². The van der Waals surface area contributed by atoms with E-state index in [0.29, 0.717) is 16.8 Å². The molecular formula is C16H17FN2O. The number of hydrogen-bond donors (Lipinski definition) is 2. The van der Waals surface area contributed by atoms with Crippen molar-refractivity contribution in [2.45, 2.75) is 13.8 Å². The summed E-state index contributed by atoms with van der Waals surface area (Å²) in [6, 6.07) is 10.0. The van der Waals surface area contributed by atoms with Crippen LogP contribution < -0.4 is 10.6 Å². The fourth-order valence-corrected chi connectivity index (χ4v) is 2.02. The van der Waals surface area contributed by atoms with Gasteiger partial charge in [0.15, 0.2) is 0 Å². The molecule has 2 aromatic carbocycles. The molecule has 3 nitrogen and oxygen atoms in total. The number of benzene rings is 2. The summed E-state index contributed by atoms with van der Waals surface area (Å²) < 4.78 is 13.4. The average molecular weight is 272 g/mol. The second-order valence-corrected chi connectivity index (χ2v) is 4.65. The molecule has 0 fully saturated rings. The highest BCUT2D eigenvalue weighted by molar-refractivity contribution is 6.05. The van der Waals surface area contributed by atoms with Crippen LogP contribution in [0.5, 0.6) is 0 Å². The Balaban J connectivity index is 2.24. The average Bonchev–Trinajstić information content (AvgIpc) is 2.43. The number of rotatable bonds is 3. The lowest BCUT2D eigenvalue weighted by atomic mass is 10.1. The van der Waals surface area contributed by atoms with Gasteiger partial charge in [-0.2, -0.15) is 0 Å². The SMILES string of the molecule is CNc1ccc(C(=O)Nc2cccc(F)c2C)cc1C. The molecule has 0 heterocycles. The van der Waals surface area contributed by atoms with Crippen LogP contribution in [-0.4, -0.2) is 13.0 Å². The Labute approximate surface area is 117 Å². The first-order chi connectivity index (χ1) is 9.52. The zero-order chi connectivity index (χ0) is 14.7. The molecule has 0 aliphatic rings. The third-order valence-corrected chi connectivity index (χ3v) is 3.27. The Morgan fingerprint density at radius 3 is 2.50 bits per heavy atom. The van der Waals surface area contributed by atoms with Gasteiger partial charge >= 0.3 is 0 Å². The standard InChI is InChI=1S/C16H17FN2O/c1-10-9-12(7-8-14(10)18-3)16(20)19-15-6-4-5-13(17)11(15)2/h4-9,18H,1-3H3,(H,19,20). The highest BCUT2D eigenvalue weighted by Crippen LogP contribution is 2.20. The van der Waals surface area contributed by atoms with Gasteiger partial charge in [-0.3, -0.25) is 4.79 Å². The molecule has 2 aromatic rings. The fraction of sp³-hybridized carbons (Fsp3) is 0.188. The molecule has 0 aliphatic heterocycles. The molecule has 0 spiro atoms. The van der Waals surface area contributed by atoms with Crippen molar-refractivity contribution in [3.8, 4) is 0 Å². The van der Waals surface area contributed by atoms with Crippen molar-refractivity contribution in [2.75, 3.05) is 17.7 Å². The van der Waals surface area contributed by atoms with E-state index < -0.39 is 0 Å². The summed E-state index contributed by atoms with van der Waals surface area (Å²) in [5, 5.41) is 5.78. The third kappa shape index (κ3) is 2.79. The number of halogens is 1. The molecule has 0 saturated heterocycles. The van der Waals surface area contributed by atoms with Gasteiger partial charge in [0.25, 0.3) is 5.91 Å². The zero-order valence-corrected chi connectivity index (χ0v) is 11.8. The largest absolute Gasteiger partial charge is 0.388 e. The smallest absolute Gasteiger partial charge is 0.255 e. The van der Waals surface area contributed by atoms with Crippen LogP contribution in [0.4, 0.5) is 15.8 Å². The highest BCUT2D eigenvalue weighted by atomic mass is 19.1. The first-order valence-corrected chi connectivity index (χ1v) is 6.38. The molecule has 20 heavy (non-hydrogen) atoms. The molecule has 0 bridgehead atoms. The van der Waals surface area contributed by atoms with Crippen molar-refractivity contribution in [1.29, 1.82) is 0 Å². The Kier molecular flexibility index (Phi) is 4.03. The maximum Gasteiger partial charge on any atom is 0.255 e. The monoisotopic (exact) mass is 272 g/mol. The predicted octanol–water partition coefficient (Wildman–Crippen LogP) is 3.74. The molecule has 0 saturated carbocycles. The summed E-state index contributed by atoms with van der Waals surface area (Å²) in [4.78, 5) is 12.2. The molecule has 1 amide bonds. The number of anilines is 2. The highest BCUT2D eigenvalue weighted by Gasteiger charge is 2.10. The molecule has 0 aromatic heterocycles. The zero-order valence-electron chi connectivity index (χ0n) is 11.8. The normalized spacial score (nSPS) is 10.2. The van der Waals surface area contributed by atoms with Crippen LogP contribution in [0.2, 0.25) is 0 Å². The predicted molar refractivity (Wildman–Crippen MR) is 79.8 cm³/mol. The quantitative estimate of drug-likeness (QED) is 0.893. The molecule has 2 rings (SSSR count). The number of carbonyl (C=O) groups is 1. The lowest BCUT2D eigenvalue weighted by Crippen LogP contribution is -2.13. The number of hydrogen-bond acceptors (Lipinski definition) is 2. The molecule has 0 aliphatic carbocycles. The molecule has 104 valence electrons. The van der Waals surface area contributed by atoms with Crippen LogP contribution in [0.15, 0.2) is 36.4 Å². The summed E-state index contributed by atoms with van der Waals surface area (Å²) in [7, 11) is 1.83. The maximum absolute atomic E-state index is 13.4. The van der Waals surface area contributed by atoms with E-state index in [1.807, 2.05) is 20.0 Å². The van der Waals surface area contributed by atoms with E-state index in [0.717, 1.165) is 11.3 Å². The second-order valence-electron chi connectivity index (χ2n) is 4.65. The van der Waals surface area contributed by atoms with Crippen LogP contribution in [0.1, 0.15) is 21.5 Å². The minimum atomic E-state index is -0.329. The minimum Gasteiger partial charge on any atom is -0.388 e. The summed E-state index contributed by atoms with van der Waals surface area (Å²) >= 11 is 0. The number of carbonyl (C=O) groups excluding carboxylic acids is 1. The van der Waals surface area contributed by atoms with Crippen LogP contribution >= 0.6 is 0 Å². The first kappa shape index (κ1) is 14.1. The van der Waals surface area contributed by atoms with Crippen LogP contribution in [-0.2, 0) is 0 Å². The molecule has 4 heteroatoms. The van der Waals surface area contributed by atoms with Crippen molar-refractivity contribution in [3.05, 3.63) is 58.9 Å². The second kappa shape index (κ2) is 5.74. The Morgan fingerprint density at radius 1 is 1.10 bits per heavy atom. The van der Waals surface area contributed by atoms with Gasteiger partial charge in [-0.1, -0.05) is 6.07 Å². The minimum absolute atomic E-state index is 0.246. The van der Waals surface area contributed by atoms with Gasteiger partial charge in [0, 0.05) is 29.5 Å². The van der Waals surface area contributed by atoms with Crippen molar-refractivity contribution in [1.82, 2.24) is 0 Å². The van der Waals surface area contributed by atoms with Gasteiger partial charge in [0.1, 0.15) is 5.82 Å². The van der Waals surface area contributed by atoms with Crippen LogP contribution in [0.3, 0.4) is 0 Å². The topological polar surface area (TPSA) is 41.1 Å². The van der Waals surface area contributed by atoms with Gasteiger partial charge in [-0.25, -0.2) is 4.39 Å². The molecule has 0 radical (unpaired) electrons. The van der Waals surface area contributed by atoms with Gasteiger partial charge < -0.3 is 10.6 Å². The fourth-order valence-electron chi connectivity index (χ4n) is 2.02. The van der Waals surface area contributed by atoms with Crippen molar-refractivity contribution >= 4 is 17.3 Å². The van der Waals surface area contributed by atoms with Crippen LogP contribution in [0.25, 0.3) is 0 Å². The van der Waals surface area contributed by atoms with E-state index in [1.54, 1.807) is 31.2 Å². The number of aryl methyl sites for hydroxylation is 1. The van der Waals surface area contributed by atoms with Crippen molar-refractivity contribution in [3.63, 3.8) is 0 Å². The molecular weight excluding hydrogens is 255 g/mol. The number of nitrogens with one attached hydrogen (secondary N) is 2. The molecule has 0 unspecified atom stereocenters. The summed E-state index contributed by atoms with van der Waals surface area (Å²) in [5.41, 5.74) is 3.43. The lowest BCUT2D eigenvalue weighted by Gasteiger charge is -2.11. The van der Waals surface area contributed by atoms with Crippen LogP contribution in [0, 0.1) is 19.7 Å². The van der Waals surface area contributed by atoms with E-state index in [2.05, 4.69) is 10.6 Å². The summed E-state index contributed by atoms with van der Waals surface area (Å²) in [6.07, 6.45) is 0. The van der Waals surface area contributed by atoms with Gasteiger partial charge in [0.05, 0.1) is 0 Å². The summed E-state index contributed by atoms with van der Waals surface area (Å²) in [5.74, 6) is -0.575. The Bertz CT molecular complexity index is 653. The van der Waals surface area contributed by atoms with E-state index in [1.165, 1.54) is 6.07 Å². The maximum atomic E-state index is 13.4. The van der Waals surface area contributed by atoms with E-state index >= 15 is 0 Å². The van der Waals surface area contributed by atoms with E-state index in [4.69, 9.17) is 0 Å². The Morgan fingerprint density at radius 2 is 1.85 bits per heavy atom. The first-order valence-electron chi connectivity index (χ1n) is 6.38. The molecule has 0 atom stereocenters. The third-order valence-electron chi connectivity index (χ3n) is 3.27. The number of amides is 1. The van der Waals surface area contributed by atoms with Crippen molar-refractivity contribution in [2.24, 2.45) is 0 Å². The Hall–Kier alpha value is -2.36. The van der Waals surface area contributed by atoms with Crippen molar-refractivity contribution < 1.29 is 9.18 Å². The molecule has 2 N–H and O–H groups in total. The van der Waals surface area contributed by atoms with E-state index in [9.17, 15) is 9.18 Å². The summed E-state index contributed by atoms with van der Waals surface area (Å²) in [6.45, 7) is 3.57.